The summed E-state index contributed by atoms with van der Waals surface area (Å²) in [5.74, 6) is 0.0967. The van der Waals surface area contributed by atoms with Crippen LogP contribution in [0.25, 0.3) is 0 Å². The Balaban J connectivity index is 1.89. The number of benzene rings is 1. The van der Waals surface area contributed by atoms with E-state index in [-0.39, 0.29) is 12.5 Å². The van der Waals surface area contributed by atoms with Crippen LogP contribution in [0.1, 0.15) is 44.6 Å². The van der Waals surface area contributed by atoms with Crippen molar-refractivity contribution in [1.29, 1.82) is 0 Å². The molecule has 1 amide bonds. The van der Waals surface area contributed by atoms with Gasteiger partial charge in [-0.05, 0) is 62.5 Å². The normalized spacial score (nSPS) is 15.4. The fraction of sp³-hybridized carbons (Fsp3) is 0.632. The van der Waals surface area contributed by atoms with Gasteiger partial charge in [0, 0.05) is 6.54 Å². The van der Waals surface area contributed by atoms with Crippen LogP contribution < -0.4 is 9.62 Å². The van der Waals surface area contributed by atoms with Gasteiger partial charge < -0.3 is 10.2 Å². The van der Waals surface area contributed by atoms with Gasteiger partial charge in [-0.1, -0.05) is 26.0 Å². The van der Waals surface area contributed by atoms with E-state index < -0.39 is 10.0 Å². The second kappa shape index (κ2) is 9.37. The highest BCUT2D eigenvalue weighted by atomic mass is 32.2. The highest BCUT2D eigenvalue weighted by Crippen LogP contribution is 2.21. The number of hydrogen-bond donors (Lipinski definition) is 1. The maximum atomic E-state index is 12.2. The van der Waals surface area contributed by atoms with Crippen LogP contribution in [0.3, 0.4) is 0 Å². The van der Waals surface area contributed by atoms with Crippen molar-refractivity contribution in [2.45, 2.75) is 39.0 Å². The molecule has 1 aromatic rings. The molecule has 0 spiro atoms. The van der Waals surface area contributed by atoms with Crippen molar-refractivity contribution >= 4 is 21.6 Å². The molecule has 146 valence electrons. The number of hydrogen-bond acceptors (Lipinski definition) is 4. The Morgan fingerprint density at radius 2 is 1.81 bits per heavy atom. The third-order valence-corrected chi connectivity index (χ3v) is 5.85. The molecule has 1 saturated heterocycles. The summed E-state index contributed by atoms with van der Waals surface area (Å²) in [6, 6.07) is 7.34. The predicted octanol–water partition coefficient (Wildman–Crippen LogP) is 2.18. The third-order valence-electron chi connectivity index (χ3n) is 4.71. The quantitative estimate of drug-likeness (QED) is 0.666. The zero-order valence-electron chi connectivity index (χ0n) is 16.1. The summed E-state index contributed by atoms with van der Waals surface area (Å²) < 4.78 is 25.4. The van der Waals surface area contributed by atoms with Crippen molar-refractivity contribution in [3.63, 3.8) is 0 Å². The van der Waals surface area contributed by atoms with E-state index in [9.17, 15) is 13.2 Å². The first kappa shape index (κ1) is 20.7. The molecule has 0 aromatic heterocycles. The summed E-state index contributed by atoms with van der Waals surface area (Å²) in [5, 5.41) is 2.84. The number of likely N-dealkylation sites (tertiary alicyclic amines) is 1. The molecule has 1 heterocycles. The van der Waals surface area contributed by atoms with Gasteiger partial charge in [-0.3, -0.25) is 9.10 Å². The lowest BCUT2D eigenvalue weighted by Crippen LogP contribution is -2.41. The molecule has 26 heavy (non-hydrogen) atoms. The maximum Gasteiger partial charge on any atom is 0.240 e. The summed E-state index contributed by atoms with van der Waals surface area (Å²) in [6.07, 6.45) is 4.52. The molecular weight excluding hydrogens is 350 g/mol. The molecule has 0 atom stereocenters. The van der Waals surface area contributed by atoms with Crippen molar-refractivity contribution in [3.8, 4) is 0 Å². The number of nitrogens with one attached hydrogen (secondary N) is 1. The topological polar surface area (TPSA) is 69.7 Å². The number of carbonyl (C=O) groups is 1. The zero-order chi connectivity index (χ0) is 19.2. The van der Waals surface area contributed by atoms with Crippen molar-refractivity contribution in [2.75, 3.05) is 43.3 Å². The monoisotopic (exact) mass is 381 g/mol. The smallest absolute Gasteiger partial charge is 0.240 e. The fourth-order valence-corrected chi connectivity index (χ4v) is 4.00. The molecule has 1 aliphatic rings. The number of carbonyl (C=O) groups excluding carboxylic acids is 1. The Labute approximate surface area is 157 Å². The Kier molecular flexibility index (Phi) is 7.46. The first-order chi connectivity index (χ1) is 12.3. The summed E-state index contributed by atoms with van der Waals surface area (Å²) >= 11 is 0. The standard InChI is InChI=1S/C19H31N3O3S/c1-16(2)17-7-9-18(10-8-17)22(26(3,24)25)15-19(23)20-11-6-14-21-12-4-5-13-21/h7-10,16H,4-6,11-15H2,1-3H3,(H,20,23). The van der Waals surface area contributed by atoms with Crippen LogP contribution in [0.4, 0.5) is 5.69 Å². The summed E-state index contributed by atoms with van der Waals surface area (Å²) in [4.78, 5) is 14.6. The molecule has 0 unspecified atom stereocenters. The molecule has 0 saturated carbocycles. The minimum absolute atomic E-state index is 0.191. The Bertz CT molecular complexity index is 680. The van der Waals surface area contributed by atoms with Gasteiger partial charge in [-0.25, -0.2) is 8.42 Å². The van der Waals surface area contributed by atoms with Crippen LogP contribution in [0.15, 0.2) is 24.3 Å². The van der Waals surface area contributed by atoms with Gasteiger partial charge in [0.15, 0.2) is 0 Å². The number of sulfonamides is 1. The Morgan fingerprint density at radius 3 is 2.35 bits per heavy atom. The fourth-order valence-electron chi connectivity index (χ4n) is 3.15. The number of nitrogens with zero attached hydrogens (tertiary/aromatic N) is 2. The molecule has 0 radical (unpaired) electrons. The number of amides is 1. The average Bonchev–Trinajstić information content (AvgIpc) is 3.09. The molecule has 0 bridgehead atoms. The molecule has 1 aliphatic heterocycles. The van der Waals surface area contributed by atoms with Crippen molar-refractivity contribution in [2.24, 2.45) is 0 Å². The van der Waals surface area contributed by atoms with E-state index in [1.54, 1.807) is 12.1 Å². The summed E-state index contributed by atoms with van der Waals surface area (Å²) in [5.41, 5.74) is 1.65. The van der Waals surface area contributed by atoms with Crippen molar-refractivity contribution in [3.05, 3.63) is 29.8 Å². The molecule has 1 N–H and O–H groups in total. The summed E-state index contributed by atoms with van der Waals surface area (Å²) in [7, 11) is -3.53. The third kappa shape index (κ3) is 6.29. The van der Waals surface area contributed by atoms with Crippen LogP contribution in [-0.2, 0) is 14.8 Å². The molecular formula is C19H31N3O3S. The van der Waals surface area contributed by atoms with E-state index >= 15 is 0 Å². The van der Waals surface area contributed by atoms with Gasteiger partial charge in [0.1, 0.15) is 6.54 Å². The van der Waals surface area contributed by atoms with Crippen LogP contribution in [0.2, 0.25) is 0 Å². The predicted molar refractivity (Wildman–Crippen MR) is 106 cm³/mol. The Hall–Kier alpha value is -1.60. The van der Waals surface area contributed by atoms with E-state index in [1.165, 1.54) is 12.8 Å². The lowest BCUT2D eigenvalue weighted by molar-refractivity contribution is -0.119. The molecule has 2 rings (SSSR count). The number of rotatable bonds is 9. The second-order valence-electron chi connectivity index (χ2n) is 7.27. The van der Waals surface area contributed by atoms with E-state index in [1.807, 2.05) is 12.1 Å². The van der Waals surface area contributed by atoms with Crippen LogP contribution in [-0.4, -0.2) is 58.2 Å². The SMILES string of the molecule is CC(C)c1ccc(N(CC(=O)NCCCN2CCCC2)S(C)(=O)=O)cc1. The highest BCUT2D eigenvalue weighted by molar-refractivity contribution is 7.92. The van der Waals surface area contributed by atoms with E-state index in [2.05, 4.69) is 24.1 Å². The number of anilines is 1. The molecule has 1 fully saturated rings. The van der Waals surface area contributed by atoms with Gasteiger partial charge >= 0.3 is 0 Å². The first-order valence-corrected chi connectivity index (χ1v) is 11.2. The molecule has 6 nitrogen and oxygen atoms in total. The zero-order valence-corrected chi connectivity index (χ0v) is 16.9. The lowest BCUT2D eigenvalue weighted by Gasteiger charge is -2.22. The van der Waals surface area contributed by atoms with E-state index in [4.69, 9.17) is 0 Å². The van der Waals surface area contributed by atoms with Crippen molar-refractivity contribution in [1.82, 2.24) is 10.2 Å². The lowest BCUT2D eigenvalue weighted by atomic mass is 10.0. The first-order valence-electron chi connectivity index (χ1n) is 9.34. The van der Waals surface area contributed by atoms with E-state index in [0.717, 1.165) is 42.2 Å². The second-order valence-corrected chi connectivity index (χ2v) is 9.17. The van der Waals surface area contributed by atoms with Gasteiger partial charge in [0.25, 0.3) is 0 Å². The largest absolute Gasteiger partial charge is 0.354 e. The van der Waals surface area contributed by atoms with Gasteiger partial charge in [-0.15, -0.1) is 0 Å². The molecule has 7 heteroatoms. The van der Waals surface area contributed by atoms with Crippen LogP contribution in [0, 0.1) is 0 Å². The molecule has 0 aliphatic carbocycles. The average molecular weight is 382 g/mol. The van der Waals surface area contributed by atoms with Gasteiger partial charge in [0.2, 0.25) is 15.9 Å². The van der Waals surface area contributed by atoms with E-state index in [0.29, 0.717) is 18.2 Å². The summed E-state index contributed by atoms with van der Waals surface area (Å²) in [6.45, 7) is 7.80. The Morgan fingerprint density at radius 1 is 1.19 bits per heavy atom. The minimum atomic E-state index is -3.53. The highest BCUT2D eigenvalue weighted by Gasteiger charge is 2.21. The van der Waals surface area contributed by atoms with Crippen LogP contribution >= 0.6 is 0 Å². The molecule has 1 aromatic carbocycles. The van der Waals surface area contributed by atoms with Gasteiger partial charge in [0.05, 0.1) is 11.9 Å². The van der Waals surface area contributed by atoms with Crippen LogP contribution in [0.5, 0.6) is 0 Å². The van der Waals surface area contributed by atoms with Crippen molar-refractivity contribution < 1.29 is 13.2 Å². The minimum Gasteiger partial charge on any atom is -0.354 e. The maximum absolute atomic E-state index is 12.2. The van der Waals surface area contributed by atoms with Gasteiger partial charge in [-0.2, -0.15) is 0 Å².